The van der Waals surface area contributed by atoms with Gasteiger partial charge in [0.15, 0.2) is 25.2 Å². The molecule has 0 aromatic rings. The second-order valence-corrected chi connectivity index (χ2v) is 24.2. The van der Waals surface area contributed by atoms with Crippen molar-refractivity contribution in [2.24, 2.45) is 34.5 Å². The normalized spacial score (nSPS) is 49.0. The van der Waals surface area contributed by atoms with E-state index < -0.39 is 151 Å². The zero-order valence-corrected chi connectivity index (χ0v) is 47.4. The molecule has 0 radical (unpaired) electrons. The summed E-state index contributed by atoms with van der Waals surface area (Å²) in [5, 5.41) is 45.7. The summed E-state index contributed by atoms with van der Waals surface area (Å²) < 4.78 is 87.7. The molecule has 0 spiro atoms. The molecule has 27 atom stereocenters. The van der Waals surface area contributed by atoms with Gasteiger partial charge in [-0.1, -0.05) is 39.3 Å². The maximum atomic E-state index is 13.6. The van der Waals surface area contributed by atoms with Crippen molar-refractivity contribution in [1.82, 2.24) is 0 Å². The molecule has 0 aromatic heterocycles. The number of aliphatic hydroxyl groups is 4. The topological polar surface area (TPSA) is 244 Å². The molecule has 20 heteroatoms. The highest BCUT2D eigenvalue weighted by Crippen LogP contribution is 2.69. The quantitative estimate of drug-likeness (QED) is 0.114. The number of rotatable bonds is 17. The van der Waals surface area contributed by atoms with Crippen molar-refractivity contribution in [3.8, 4) is 0 Å². The molecular formula is C56H92O20. The van der Waals surface area contributed by atoms with Crippen molar-refractivity contribution in [3.63, 3.8) is 0 Å². The summed E-state index contributed by atoms with van der Waals surface area (Å²) >= 11 is 0. The number of hydrogen-bond donors (Lipinski definition) is 4. The Hall–Kier alpha value is -1.96. The molecule has 4 aliphatic heterocycles. The van der Waals surface area contributed by atoms with E-state index in [4.69, 9.17) is 66.3 Å². The summed E-state index contributed by atoms with van der Waals surface area (Å²) in [7, 11) is 6.28. The number of aliphatic hydroxyl groups excluding tert-OH is 3. The van der Waals surface area contributed by atoms with Crippen LogP contribution < -0.4 is 0 Å². The predicted molar refractivity (Wildman–Crippen MR) is 270 cm³/mol. The molecule has 27 unspecified atom stereocenters. The molecule has 7 fully saturated rings. The largest absolute Gasteiger partial charge is 0.458 e. The average molecular weight is 1090 g/mol. The summed E-state index contributed by atoms with van der Waals surface area (Å²) in [6, 6.07) is 0. The lowest BCUT2D eigenvalue weighted by molar-refractivity contribution is -0.355. The van der Waals surface area contributed by atoms with Crippen LogP contribution in [-0.4, -0.2) is 195 Å². The lowest BCUT2D eigenvalue weighted by atomic mass is 9.43. The molecular weight excluding hydrogens is 993 g/mol. The second kappa shape index (κ2) is 24.2. The van der Waals surface area contributed by atoms with E-state index in [0.29, 0.717) is 57.8 Å². The Morgan fingerprint density at radius 1 is 0.684 bits per heavy atom. The third-order valence-electron chi connectivity index (χ3n) is 19.1. The number of esters is 2. The molecule has 0 amide bonds. The van der Waals surface area contributed by atoms with Crippen LogP contribution >= 0.6 is 0 Å². The summed E-state index contributed by atoms with van der Waals surface area (Å²) in [4.78, 5) is 26.7. The summed E-state index contributed by atoms with van der Waals surface area (Å²) in [5.74, 6) is -1.93. The van der Waals surface area contributed by atoms with Crippen molar-refractivity contribution in [2.45, 2.75) is 268 Å². The van der Waals surface area contributed by atoms with E-state index in [9.17, 15) is 30.0 Å². The predicted octanol–water partition coefficient (Wildman–Crippen LogP) is 4.64. The van der Waals surface area contributed by atoms with Crippen molar-refractivity contribution in [2.75, 3.05) is 28.4 Å². The molecule has 4 heterocycles. The van der Waals surface area contributed by atoms with E-state index in [-0.39, 0.29) is 36.2 Å². The van der Waals surface area contributed by atoms with Crippen LogP contribution in [0.1, 0.15) is 133 Å². The van der Waals surface area contributed by atoms with E-state index >= 15 is 0 Å². The van der Waals surface area contributed by atoms with Gasteiger partial charge < -0.3 is 86.7 Å². The van der Waals surface area contributed by atoms with Gasteiger partial charge in [-0.15, -0.1) is 0 Å². The first-order valence-electron chi connectivity index (χ1n) is 28.1. The van der Waals surface area contributed by atoms with Gasteiger partial charge in [0.2, 0.25) is 0 Å². The maximum Gasteiger partial charge on any atom is 0.306 e. The minimum absolute atomic E-state index is 0.0308. The first-order chi connectivity index (χ1) is 35.9. The van der Waals surface area contributed by atoms with E-state index in [2.05, 4.69) is 13.0 Å². The third kappa shape index (κ3) is 11.5. The van der Waals surface area contributed by atoms with Gasteiger partial charge in [0.25, 0.3) is 0 Å². The number of allylic oxidation sites excluding steroid dienone is 1. The molecule has 4 N–H and O–H groups in total. The number of carbonyl (C=O) groups is 2. The van der Waals surface area contributed by atoms with Crippen molar-refractivity contribution < 1.29 is 96.3 Å². The highest BCUT2D eigenvalue weighted by Gasteiger charge is 2.75. The van der Waals surface area contributed by atoms with Crippen LogP contribution in [0.15, 0.2) is 11.6 Å². The Labute approximate surface area is 449 Å². The first kappa shape index (κ1) is 60.1. The molecule has 76 heavy (non-hydrogen) atoms. The van der Waals surface area contributed by atoms with Gasteiger partial charge in [0.1, 0.15) is 48.8 Å². The Balaban J connectivity index is 0.886. The highest BCUT2D eigenvalue weighted by molar-refractivity contribution is 5.70. The minimum atomic E-state index is -1.30. The zero-order chi connectivity index (χ0) is 55.3. The summed E-state index contributed by atoms with van der Waals surface area (Å²) in [6.45, 7) is 18.5. The molecule has 4 aliphatic carbocycles. The van der Waals surface area contributed by atoms with E-state index in [0.717, 1.165) is 5.57 Å². The Bertz CT molecular complexity index is 1990. The number of methoxy groups -OCH3 is 4. The van der Waals surface area contributed by atoms with Gasteiger partial charge in [-0.3, -0.25) is 9.59 Å². The Morgan fingerprint density at radius 3 is 1.72 bits per heavy atom. The fourth-order valence-corrected chi connectivity index (χ4v) is 15.2. The zero-order valence-electron chi connectivity index (χ0n) is 47.4. The van der Waals surface area contributed by atoms with Crippen molar-refractivity contribution in [3.05, 3.63) is 11.6 Å². The summed E-state index contributed by atoms with van der Waals surface area (Å²) in [6.07, 6.45) is -7.14. The van der Waals surface area contributed by atoms with Crippen molar-refractivity contribution >= 4 is 11.9 Å². The van der Waals surface area contributed by atoms with Gasteiger partial charge in [-0.05, 0) is 96.3 Å². The van der Waals surface area contributed by atoms with Crippen LogP contribution in [0.5, 0.6) is 0 Å². The van der Waals surface area contributed by atoms with Crippen LogP contribution in [0.25, 0.3) is 0 Å². The number of carbonyl (C=O) groups excluding carboxylic acids is 2. The van der Waals surface area contributed by atoms with Crippen LogP contribution in [0, 0.1) is 34.5 Å². The van der Waals surface area contributed by atoms with Crippen LogP contribution in [0.3, 0.4) is 0 Å². The van der Waals surface area contributed by atoms with E-state index in [1.165, 1.54) is 14.0 Å². The fourth-order valence-electron chi connectivity index (χ4n) is 15.2. The third-order valence-corrected chi connectivity index (χ3v) is 19.1. The van der Waals surface area contributed by atoms with Crippen LogP contribution in [0.4, 0.5) is 0 Å². The highest BCUT2D eigenvalue weighted by atomic mass is 16.8. The first-order valence-corrected chi connectivity index (χ1v) is 28.1. The minimum Gasteiger partial charge on any atom is -0.458 e. The van der Waals surface area contributed by atoms with Crippen molar-refractivity contribution in [1.29, 1.82) is 0 Å². The molecule has 20 nitrogen and oxygen atoms in total. The fraction of sp³-hybridized carbons (Fsp3) is 0.929. The lowest BCUT2D eigenvalue weighted by Gasteiger charge is -2.65. The average Bonchev–Trinajstić information content (AvgIpc) is 3.86. The van der Waals surface area contributed by atoms with Gasteiger partial charge in [0, 0.05) is 72.4 Å². The number of hydrogen-bond acceptors (Lipinski definition) is 20. The Kier molecular flexibility index (Phi) is 19.2. The maximum absolute atomic E-state index is 13.6. The molecule has 0 aromatic carbocycles. The second-order valence-electron chi connectivity index (χ2n) is 24.2. The molecule has 436 valence electrons. The van der Waals surface area contributed by atoms with Gasteiger partial charge >= 0.3 is 11.9 Å². The molecule has 8 aliphatic rings. The van der Waals surface area contributed by atoms with Crippen LogP contribution in [-0.2, 0) is 75.9 Å². The lowest BCUT2D eigenvalue weighted by Crippen LogP contribution is -2.72. The standard InChI is InChI=1S/C56H92O20/c1-26(2)21-40(59)73-52-50(71-32(8)58)44-36(56(62)20-18-35(27(3)57)55(52,56)10)16-15-33-22-34(17-19-54(33,44)9)72-41-23-37(63-11)47(29(5)67-41)74-42-24-38(64-12)48(30(6)68-42)75-43-25-39(65-13)49(31(7)69-43)76-53-46(61)51(66-14)45(60)28(4)70-53/h15,26-31,34-39,41-53,57,60-62H,16-25H2,1-14H3. The van der Waals surface area contributed by atoms with Gasteiger partial charge in [-0.2, -0.15) is 0 Å². The SMILES string of the molecule is COC1CC(OC2CCC3(C)C(=CCC4C3C(OC(C)=O)C(OC(=O)CC(C)C)C3(C)C(C(C)O)CCC43O)C2)OC(C)C1OC1CC(OC)C(OC2CC(OC)C(OC3OC(C)C(O)C(OC)C3O)C(C)O2)C(C)O1. The van der Waals surface area contributed by atoms with E-state index in [1.807, 2.05) is 41.5 Å². The molecule has 0 bridgehead atoms. The smallest absolute Gasteiger partial charge is 0.306 e. The van der Waals surface area contributed by atoms with E-state index in [1.54, 1.807) is 35.2 Å². The summed E-state index contributed by atoms with van der Waals surface area (Å²) in [5.41, 5.74) is -1.74. The Morgan fingerprint density at radius 2 is 1.22 bits per heavy atom. The molecule has 8 rings (SSSR count). The monoisotopic (exact) mass is 1080 g/mol. The molecule has 4 saturated heterocycles. The van der Waals surface area contributed by atoms with Gasteiger partial charge in [0.05, 0.1) is 60.5 Å². The van der Waals surface area contributed by atoms with Crippen LogP contribution in [0.2, 0.25) is 0 Å². The van der Waals surface area contributed by atoms with Gasteiger partial charge in [-0.25, -0.2) is 0 Å². The molecule has 3 saturated carbocycles. The number of fused-ring (bicyclic) bond motifs is 5. The number of ether oxygens (including phenoxy) is 14.